The van der Waals surface area contributed by atoms with Crippen LogP contribution in [-0.4, -0.2) is 45.4 Å². The van der Waals surface area contributed by atoms with Crippen molar-refractivity contribution in [3.63, 3.8) is 0 Å². The third kappa shape index (κ3) is 3.64. The maximum Gasteiger partial charge on any atom is 0.325 e. The van der Waals surface area contributed by atoms with Crippen molar-refractivity contribution in [2.75, 3.05) is 20.3 Å². The van der Waals surface area contributed by atoms with Gasteiger partial charge >= 0.3 is 5.97 Å². The first-order chi connectivity index (χ1) is 10.4. The van der Waals surface area contributed by atoms with Crippen LogP contribution in [0.1, 0.15) is 18.4 Å². The number of carboxylic acid groups (broad SMARTS) is 1. The molecule has 0 unspecified atom stereocenters. The number of carbonyl (C=O) groups is 1. The SMILES string of the molecule is COCc1ccc(S(=O)(=O)NC2(C(=O)O)CCOCC2)cc1. The van der Waals surface area contributed by atoms with Gasteiger partial charge in [-0.15, -0.1) is 0 Å². The molecule has 0 radical (unpaired) electrons. The zero-order valence-electron chi connectivity index (χ0n) is 12.2. The number of aliphatic carboxylic acids is 1. The molecule has 122 valence electrons. The largest absolute Gasteiger partial charge is 0.480 e. The number of hydrogen-bond acceptors (Lipinski definition) is 5. The third-order valence-electron chi connectivity index (χ3n) is 3.63. The number of nitrogens with one attached hydrogen (secondary N) is 1. The van der Waals surface area contributed by atoms with Crippen molar-refractivity contribution in [2.45, 2.75) is 29.9 Å². The molecule has 1 aromatic rings. The summed E-state index contributed by atoms with van der Waals surface area (Å²) in [6.07, 6.45) is 0.201. The quantitative estimate of drug-likeness (QED) is 0.798. The molecule has 8 heteroatoms. The molecule has 1 heterocycles. The maximum atomic E-state index is 12.4. The monoisotopic (exact) mass is 329 g/mol. The first-order valence-electron chi connectivity index (χ1n) is 6.83. The van der Waals surface area contributed by atoms with Crippen LogP contribution in [0.4, 0.5) is 0 Å². The second-order valence-corrected chi connectivity index (χ2v) is 6.86. The molecule has 2 rings (SSSR count). The van der Waals surface area contributed by atoms with Gasteiger partial charge in [-0.1, -0.05) is 12.1 Å². The normalized spacial score (nSPS) is 18.0. The average Bonchev–Trinajstić information content (AvgIpc) is 2.48. The van der Waals surface area contributed by atoms with Gasteiger partial charge in [0, 0.05) is 33.2 Å². The van der Waals surface area contributed by atoms with Crippen LogP contribution in [-0.2, 0) is 30.9 Å². The Kier molecular flexibility index (Phi) is 5.17. The average molecular weight is 329 g/mol. The Morgan fingerprint density at radius 2 is 1.91 bits per heavy atom. The van der Waals surface area contributed by atoms with E-state index in [1.165, 1.54) is 12.1 Å². The lowest BCUT2D eigenvalue weighted by Crippen LogP contribution is -2.57. The predicted octanol–water partition coefficient (Wildman–Crippen LogP) is 0.745. The highest BCUT2D eigenvalue weighted by molar-refractivity contribution is 7.89. The molecule has 1 fully saturated rings. The molecule has 1 aliphatic rings. The maximum absolute atomic E-state index is 12.4. The second kappa shape index (κ2) is 6.74. The summed E-state index contributed by atoms with van der Waals surface area (Å²) in [7, 11) is -2.37. The van der Waals surface area contributed by atoms with Crippen molar-refractivity contribution < 1.29 is 27.8 Å². The molecule has 7 nitrogen and oxygen atoms in total. The lowest BCUT2D eigenvalue weighted by molar-refractivity contribution is -0.147. The smallest absolute Gasteiger partial charge is 0.325 e. The number of ether oxygens (including phenoxy) is 2. The van der Waals surface area contributed by atoms with Gasteiger partial charge in [0.15, 0.2) is 0 Å². The molecule has 1 saturated heterocycles. The van der Waals surface area contributed by atoms with E-state index >= 15 is 0 Å². The van der Waals surface area contributed by atoms with Crippen molar-refractivity contribution in [1.82, 2.24) is 4.72 Å². The van der Waals surface area contributed by atoms with E-state index in [-0.39, 0.29) is 31.0 Å². The topological polar surface area (TPSA) is 102 Å². The Balaban J connectivity index is 2.23. The molecule has 0 bridgehead atoms. The minimum absolute atomic E-state index is 0.0273. The molecule has 0 amide bonds. The van der Waals surface area contributed by atoms with Gasteiger partial charge in [-0.25, -0.2) is 8.42 Å². The van der Waals surface area contributed by atoms with Gasteiger partial charge < -0.3 is 14.6 Å². The number of sulfonamides is 1. The molecule has 0 spiro atoms. The minimum atomic E-state index is -3.92. The fourth-order valence-corrected chi connectivity index (χ4v) is 3.75. The van der Waals surface area contributed by atoms with E-state index in [1.54, 1.807) is 19.2 Å². The van der Waals surface area contributed by atoms with Crippen LogP contribution in [0.15, 0.2) is 29.2 Å². The molecule has 0 atom stereocenters. The number of carboxylic acids is 1. The predicted molar refractivity (Wildman–Crippen MR) is 77.9 cm³/mol. The van der Waals surface area contributed by atoms with Gasteiger partial charge in [-0.05, 0) is 17.7 Å². The van der Waals surface area contributed by atoms with Crippen molar-refractivity contribution >= 4 is 16.0 Å². The highest BCUT2D eigenvalue weighted by Gasteiger charge is 2.43. The Morgan fingerprint density at radius 3 is 2.41 bits per heavy atom. The van der Waals surface area contributed by atoms with Gasteiger partial charge in [0.2, 0.25) is 10.0 Å². The van der Waals surface area contributed by atoms with Gasteiger partial charge in [0.25, 0.3) is 0 Å². The lowest BCUT2D eigenvalue weighted by atomic mass is 9.92. The summed E-state index contributed by atoms with van der Waals surface area (Å²) in [5.74, 6) is -1.18. The zero-order valence-corrected chi connectivity index (χ0v) is 13.1. The van der Waals surface area contributed by atoms with Crippen molar-refractivity contribution in [2.24, 2.45) is 0 Å². The summed E-state index contributed by atoms with van der Waals surface area (Å²) in [5.41, 5.74) is -0.678. The summed E-state index contributed by atoms with van der Waals surface area (Å²) >= 11 is 0. The van der Waals surface area contributed by atoms with E-state index in [0.29, 0.717) is 6.61 Å². The molecule has 1 aliphatic heterocycles. The van der Waals surface area contributed by atoms with Crippen molar-refractivity contribution in [3.05, 3.63) is 29.8 Å². The highest BCUT2D eigenvalue weighted by Crippen LogP contribution is 2.24. The molecular weight excluding hydrogens is 310 g/mol. The first kappa shape index (κ1) is 16.9. The number of rotatable bonds is 6. The van der Waals surface area contributed by atoms with Gasteiger partial charge in [0.05, 0.1) is 11.5 Å². The van der Waals surface area contributed by atoms with Gasteiger partial charge in [-0.2, -0.15) is 4.72 Å². The summed E-state index contributed by atoms with van der Waals surface area (Å²) in [4.78, 5) is 11.6. The zero-order chi connectivity index (χ0) is 16.2. The Bertz CT molecular complexity index is 619. The van der Waals surface area contributed by atoms with Crippen LogP contribution < -0.4 is 4.72 Å². The molecule has 2 N–H and O–H groups in total. The standard InChI is InChI=1S/C14H19NO6S/c1-20-10-11-2-4-12(5-3-11)22(18,19)15-14(13(16)17)6-8-21-9-7-14/h2-5,15H,6-10H2,1H3,(H,16,17). The molecule has 0 aliphatic carbocycles. The van der Waals surface area contributed by atoms with Crippen LogP contribution in [0.3, 0.4) is 0 Å². The van der Waals surface area contributed by atoms with E-state index in [1.807, 2.05) is 0 Å². The van der Waals surface area contributed by atoms with Crippen molar-refractivity contribution in [3.8, 4) is 0 Å². The molecule has 22 heavy (non-hydrogen) atoms. The van der Waals surface area contributed by atoms with E-state index < -0.39 is 21.5 Å². The lowest BCUT2D eigenvalue weighted by Gasteiger charge is -2.33. The van der Waals surface area contributed by atoms with Crippen LogP contribution in [0.25, 0.3) is 0 Å². The minimum Gasteiger partial charge on any atom is -0.480 e. The molecule has 1 aromatic carbocycles. The summed E-state index contributed by atoms with van der Waals surface area (Å²) in [6, 6.07) is 6.14. The van der Waals surface area contributed by atoms with Crippen LogP contribution in [0.2, 0.25) is 0 Å². The van der Waals surface area contributed by atoms with E-state index in [0.717, 1.165) is 5.56 Å². The van der Waals surface area contributed by atoms with Gasteiger partial charge in [-0.3, -0.25) is 4.79 Å². The van der Waals surface area contributed by atoms with Crippen molar-refractivity contribution in [1.29, 1.82) is 0 Å². The molecular formula is C14H19NO6S. The fraction of sp³-hybridized carbons (Fsp3) is 0.500. The summed E-state index contributed by atoms with van der Waals surface area (Å²) < 4.78 is 37.3. The highest BCUT2D eigenvalue weighted by atomic mass is 32.2. The number of benzene rings is 1. The Morgan fingerprint density at radius 1 is 1.32 bits per heavy atom. The first-order valence-corrected chi connectivity index (χ1v) is 8.31. The van der Waals surface area contributed by atoms with E-state index in [2.05, 4.69) is 4.72 Å². The number of methoxy groups -OCH3 is 1. The van der Waals surface area contributed by atoms with Crippen LogP contribution in [0, 0.1) is 0 Å². The van der Waals surface area contributed by atoms with Crippen LogP contribution >= 0.6 is 0 Å². The fourth-order valence-electron chi connectivity index (χ4n) is 2.33. The molecule has 0 saturated carbocycles. The number of hydrogen-bond donors (Lipinski definition) is 2. The molecule has 0 aromatic heterocycles. The second-order valence-electron chi connectivity index (χ2n) is 5.18. The van der Waals surface area contributed by atoms with Crippen LogP contribution in [0.5, 0.6) is 0 Å². The Labute approximate surface area is 129 Å². The summed E-state index contributed by atoms with van der Waals surface area (Å²) in [6.45, 7) is 0.799. The van der Waals surface area contributed by atoms with Gasteiger partial charge in [0.1, 0.15) is 5.54 Å². The summed E-state index contributed by atoms with van der Waals surface area (Å²) in [5, 5.41) is 9.41. The third-order valence-corrected chi connectivity index (χ3v) is 5.18. The Hall–Kier alpha value is -1.48. The van der Waals surface area contributed by atoms with E-state index in [9.17, 15) is 18.3 Å². The van der Waals surface area contributed by atoms with E-state index in [4.69, 9.17) is 9.47 Å².